The van der Waals surface area contributed by atoms with E-state index >= 15 is 0 Å². The molecule has 19 heavy (non-hydrogen) atoms. The van der Waals surface area contributed by atoms with Gasteiger partial charge < -0.3 is 0 Å². The van der Waals surface area contributed by atoms with E-state index in [4.69, 9.17) is 0 Å². The second-order valence-electron chi connectivity index (χ2n) is 5.31. The number of sulfonamides is 1. The van der Waals surface area contributed by atoms with Crippen LogP contribution in [0.3, 0.4) is 0 Å². The van der Waals surface area contributed by atoms with Gasteiger partial charge in [-0.1, -0.05) is 0 Å². The molecule has 1 aliphatic rings. The first-order valence-corrected chi connectivity index (χ1v) is 8.44. The quantitative estimate of drug-likeness (QED) is 0.764. The highest BCUT2D eigenvalue weighted by Crippen LogP contribution is 2.22. The van der Waals surface area contributed by atoms with Crippen LogP contribution >= 0.6 is 0 Å². The van der Waals surface area contributed by atoms with Gasteiger partial charge in [0, 0.05) is 25.3 Å². The molecule has 0 bridgehead atoms. The van der Waals surface area contributed by atoms with Gasteiger partial charge in [-0.3, -0.25) is 9.58 Å². The first-order chi connectivity index (χ1) is 8.85. The normalized spacial score (nSPS) is 17.6. The van der Waals surface area contributed by atoms with Gasteiger partial charge >= 0.3 is 0 Å². The fraction of sp³-hybridized carbons (Fsp3) is 0.750. The number of hydrogen-bond donors (Lipinski definition) is 1. The zero-order chi connectivity index (χ0) is 14.0. The minimum Gasteiger partial charge on any atom is -0.299 e. The van der Waals surface area contributed by atoms with Crippen LogP contribution in [0, 0.1) is 13.8 Å². The van der Waals surface area contributed by atoms with Gasteiger partial charge in [0.1, 0.15) is 0 Å². The molecule has 0 radical (unpaired) electrons. The van der Waals surface area contributed by atoms with Gasteiger partial charge in [-0.25, -0.2) is 13.1 Å². The van der Waals surface area contributed by atoms with Gasteiger partial charge in [0.15, 0.2) is 0 Å². The highest BCUT2D eigenvalue weighted by molar-refractivity contribution is 7.88. The number of nitrogens with one attached hydrogen (secondary N) is 1. The number of aryl methyl sites for hydroxylation is 2. The van der Waals surface area contributed by atoms with Gasteiger partial charge in [-0.05, 0) is 32.9 Å². The summed E-state index contributed by atoms with van der Waals surface area (Å²) in [5, 5.41) is 4.49. The summed E-state index contributed by atoms with van der Waals surface area (Å²) in [6, 6.07) is 2.56. The van der Waals surface area contributed by atoms with Crippen LogP contribution in [-0.2, 0) is 10.0 Å². The lowest BCUT2D eigenvalue weighted by molar-refractivity contribution is 0.0962. The fourth-order valence-corrected chi connectivity index (χ4v) is 2.97. The largest absolute Gasteiger partial charge is 0.299 e. The molecule has 1 aromatic rings. The molecule has 1 aromatic heterocycles. The molecule has 2 rings (SSSR count). The maximum atomic E-state index is 10.9. The lowest BCUT2D eigenvalue weighted by Crippen LogP contribution is -2.49. The average Bonchev–Trinajstić information content (AvgIpc) is 2.53. The number of nitrogens with zero attached hydrogens (tertiary/aromatic N) is 3. The molecule has 0 aliphatic carbocycles. The molecule has 0 spiro atoms. The Bertz CT molecular complexity index is 532. The van der Waals surface area contributed by atoms with E-state index in [9.17, 15) is 8.42 Å². The molecule has 6 nitrogen and oxygen atoms in total. The maximum absolute atomic E-state index is 10.9. The van der Waals surface area contributed by atoms with Gasteiger partial charge in [0.05, 0.1) is 18.0 Å². The van der Waals surface area contributed by atoms with E-state index in [0.717, 1.165) is 31.7 Å². The van der Waals surface area contributed by atoms with Crippen LogP contribution in [-0.4, -0.2) is 55.5 Å². The molecule has 0 aromatic carbocycles. The van der Waals surface area contributed by atoms with Crippen LogP contribution in [0.4, 0.5) is 0 Å². The fourth-order valence-electron chi connectivity index (χ4n) is 2.46. The van der Waals surface area contributed by atoms with Crippen molar-refractivity contribution in [3.63, 3.8) is 0 Å². The highest BCUT2D eigenvalue weighted by atomic mass is 32.2. The molecule has 1 fully saturated rings. The zero-order valence-corrected chi connectivity index (χ0v) is 12.6. The van der Waals surface area contributed by atoms with Gasteiger partial charge in [0.25, 0.3) is 0 Å². The van der Waals surface area contributed by atoms with Crippen LogP contribution in [0.5, 0.6) is 0 Å². The number of likely N-dealkylation sites (tertiary alicyclic amines) is 1. The third-order valence-electron chi connectivity index (χ3n) is 3.34. The van der Waals surface area contributed by atoms with Crippen molar-refractivity contribution in [1.29, 1.82) is 0 Å². The summed E-state index contributed by atoms with van der Waals surface area (Å²) < 4.78 is 26.4. The Hall–Kier alpha value is -0.920. The first-order valence-electron chi connectivity index (χ1n) is 6.55. The Morgan fingerprint density at radius 2 is 2.11 bits per heavy atom. The molecule has 1 saturated heterocycles. The third-order valence-corrected chi connectivity index (χ3v) is 4.07. The van der Waals surface area contributed by atoms with Crippen LogP contribution in [0.15, 0.2) is 6.07 Å². The summed E-state index contributed by atoms with van der Waals surface area (Å²) in [5.74, 6) is 0. The van der Waals surface area contributed by atoms with E-state index < -0.39 is 10.0 Å². The Kier molecular flexibility index (Phi) is 4.27. The Morgan fingerprint density at radius 3 is 2.63 bits per heavy atom. The second-order valence-corrected chi connectivity index (χ2v) is 7.14. The minimum atomic E-state index is -3.05. The first kappa shape index (κ1) is 14.5. The van der Waals surface area contributed by atoms with Crippen LogP contribution in [0.2, 0.25) is 0 Å². The SMILES string of the molecule is Cc1cc(C)n(C2CN(CCCNS(C)(=O)=O)C2)n1. The van der Waals surface area contributed by atoms with E-state index in [1.54, 1.807) is 0 Å². The summed E-state index contributed by atoms with van der Waals surface area (Å²) in [6.07, 6.45) is 2.03. The van der Waals surface area contributed by atoms with Gasteiger partial charge in [-0.2, -0.15) is 5.10 Å². The minimum absolute atomic E-state index is 0.469. The van der Waals surface area contributed by atoms with Gasteiger partial charge in [-0.15, -0.1) is 0 Å². The van der Waals surface area contributed by atoms with Crippen molar-refractivity contribution < 1.29 is 8.42 Å². The monoisotopic (exact) mass is 286 g/mol. The van der Waals surface area contributed by atoms with Crippen molar-refractivity contribution in [3.05, 3.63) is 17.5 Å². The Balaban J connectivity index is 1.68. The van der Waals surface area contributed by atoms with Crippen LogP contribution in [0.25, 0.3) is 0 Å². The highest BCUT2D eigenvalue weighted by Gasteiger charge is 2.29. The molecule has 0 unspecified atom stereocenters. The Labute approximate surface area is 114 Å². The molecule has 0 atom stereocenters. The summed E-state index contributed by atoms with van der Waals surface area (Å²) in [6.45, 7) is 7.54. The van der Waals surface area contributed by atoms with Crippen molar-refractivity contribution in [2.45, 2.75) is 26.3 Å². The number of rotatable bonds is 6. The summed E-state index contributed by atoms with van der Waals surface area (Å²) >= 11 is 0. The van der Waals surface area contributed by atoms with Crippen molar-refractivity contribution in [2.75, 3.05) is 32.4 Å². The number of aromatic nitrogens is 2. The molecule has 108 valence electrons. The average molecular weight is 286 g/mol. The van der Waals surface area contributed by atoms with E-state index in [1.807, 2.05) is 6.92 Å². The standard InChI is InChI=1S/C12H22N4O2S/c1-10-7-11(2)16(14-10)12-8-15(9-12)6-4-5-13-19(3,17)18/h7,12-13H,4-6,8-9H2,1-3H3. The predicted octanol–water partition coefficient (Wildman–Crippen LogP) is 0.296. The lowest BCUT2D eigenvalue weighted by Gasteiger charge is -2.39. The molecule has 1 aliphatic heterocycles. The van der Waals surface area contributed by atoms with Crippen molar-refractivity contribution in [3.8, 4) is 0 Å². The van der Waals surface area contributed by atoms with E-state index in [0.29, 0.717) is 12.6 Å². The topological polar surface area (TPSA) is 67.2 Å². The lowest BCUT2D eigenvalue weighted by atomic mass is 10.1. The summed E-state index contributed by atoms with van der Waals surface area (Å²) in [7, 11) is -3.05. The van der Waals surface area contributed by atoms with Gasteiger partial charge in [0.2, 0.25) is 10.0 Å². The molecule has 2 heterocycles. The maximum Gasteiger partial charge on any atom is 0.208 e. The van der Waals surface area contributed by atoms with Crippen molar-refractivity contribution in [1.82, 2.24) is 19.4 Å². The van der Waals surface area contributed by atoms with Crippen LogP contribution in [0.1, 0.15) is 23.9 Å². The molecule has 7 heteroatoms. The van der Waals surface area contributed by atoms with E-state index in [-0.39, 0.29) is 0 Å². The molecule has 1 N–H and O–H groups in total. The molecular formula is C12H22N4O2S. The third kappa shape index (κ3) is 4.02. The van der Waals surface area contributed by atoms with E-state index in [2.05, 4.69) is 32.4 Å². The van der Waals surface area contributed by atoms with Crippen molar-refractivity contribution in [2.24, 2.45) is 0 Å². The predicted molar refractivity (Wildman–Crippen MR) is 74.6 cm³/mol. The second kappa shape index (κ2) is 5.60. The summed E-state index contributed by atoms with van der Waals surface area (Å²) in [5.41, 5.74) is 2.27. The molecular weight excluding hydrogens is 264 g/mol. The smallest absolute Gasteiger partial charge is 0.208 e. The van der Waals surface area contributed by atoms with Crippen molar-refractivity contribution >= 4 is 10.0 Å². The van der Waals surface area contributed by atoms with E-state index in [1.165, 1.54) is 11.9 Å². The zero-order valence-electron chi connectivity index (χ0n) is 11.8. The van der Waals surface area contributed by atoms with Crippen LogP contribution < -0.4 is 4.72 Å². The Morgan fingerprint density at radius 1 is 1.42 bits per heavy atom. The molecule has 0 amide bonds. The molecule has 0 saturated carbocycles. The number of hydrogen-bond acceptors (Lipinski definition) is 4. The summed E-state index contributed by atoms with van der Waals surface area (Å²) in [4.78, 5) is 2.32.